The van der Waals surface area contributed by atoms with Crippen molar-refractivity contribution in [2.45, 2.75) is 15.7 Å². The largest absolute Gasteiger partial charge is 1.00 e. The molecule has 0 amide bonds. The van der Waals surface area contributed by atoms with Crippen molar-refractivity contribution >= 4 is 50.9 Å². The molecule has 16 nitrogen and oxygen atoms in total. The van der Waals surface area contributed by atoms with Gasteiger partial charge >= 0.3 is 29.6 Å². The Morgan fingerprint density at radius 3 is 1.30 bits per heavy atom. The first-order valence-electron chi connectivity index (χ1n) is 5.50. The summed E-state index contributed by atoms with van der Waals surface area (Å²) in [6, 6.07) is 0. The van der Waals surface area contributed by atoms with Crippen LogP contribution in [0, 0.1) is 0 Å². The van der Waals surface area contributed by atoms with E-state index in [2.05, 4.69) is 4.18 Å². The Kier molecular flexibility index (Phi) is 10.5. The van der Waals surface area contributed by atoms with Gasteiger partial charge in [0.25, 0.3) is 40.5 Å². The zero-order chi connectivity index (χ0) is 21.4. The first kappa shape index (κ1) is 29.7. The molecule has 0 saturated heterocycles. The van der Waals surface area contributed by atoms with Crippen LogP contribution in [-0.2, 0) is 55.1 Å². The molecule has 0 aromatic rings. The molecule has 158 valence electrons. The Morgan fingerprint density at radius 2 is 1.07 bits per heavy atom. The third kappa shape index (κ3) is 11.3. The van der Waals surface area contributed by atoms with Crippen LogP contribution in [0.3, 0.4) is 0 Å². The zero-order valence-corrected chi connectivity index (χ0v) is 19.0. The van der Waals surface area contributed by atoms with Crippen LogP contribution in [0.25, 0.3) is 0 Å². The van der Waals surface area contributed by atoms with E-state index >= 15 is 0 Å². The third-order valence-corrected chi connectivity index (χ3v) is 8.12. The van der Waals surface area contributed by atoms with Crippen LogP contribution in [0.4, 0.5) is 0 Å². The van der Waals surface area contributed by atoms with Crippen molar-refractivity contribution in [1.82, 2.24) is 0 Å². The molecule has 0 radical (unpaired) electrons. The second kappa shape index (κ2) is 9.55. The summed E-state index contributed by atoms with van der Waals surface area (Å²) in [5, 5.41) is -10.1. The van der Waals surface area contributed by atoms with Crippen molar-refractivity contribution in [3.63, 3.8) is 0 Å². The van der Waals surface area contributed by atoms with E-state index in [4.69, 9.17) is 18.2 Å². The van der Waals surface area contributed by atoms with Crippen LogP contribution in [-0.4, -0.2) is 93.0 Å². The summed E-state index contributed by atoms with van der Waals surface area (Å²) >= 11 is 0. The van der Waals surface area contributed by atoms with E-state index in [9.17, 15) is 46.6 Å². The van der Waals surface area contributed by atoms with Gasteiger partial charge in [-0.2, -0.15) is 33.7 Å². The van der Waals surface area contributed by atoms with Crippen LogP contribution < -0.4 is 29.6 Å². The van der Waals surface area contributed by atoms with E-state index in [0.717, 1.165) is 0 Å². The van der Waals surface area contributed by atoms with E-state index in [-0.39, 0.29) is 29.6 Å². The first-order valence-corrected chi connectivity index (χ1v) is 13.0. The van der Waals surface area contributed by atoms with Crippen LogP contribution in [0.15, 0.2) is 0 Å². The van der Waals surface area contributed by atoms with Gasteiger partial charge in [-0.15, -0.1) is 0 Å². The van der Waals surface area contributed by atoms with Gasteiger partial charge in [-0.05, 0) is 0 Å². The van der Waals surface area contributed by atoms with Crippen molar-refractivity contribution in [3.05, 3.63) is 0 Å². The maximum atomic E-state index is 11.4. The van der Waals surface area contributed by atoms with Crippen LogP contribution in [0.1, 0.15) is 0 Å². The van der Waals surface area contributed by atoms with Crippen LogP contribution in [0.2, 0.25) is 0 Å². The summed E-state index contributed by atoms with van der Waals surface area (Å²) in [5.74, 6) is -2.20. The molecule has 27 heavy (non-hydrogen) atoms. The van der Waals surface area contributed by atoms with Gasteiger partial charge in [0.15, 0.2) is 0 Å². The fourth-order valence-electron chi connectivity index (χ4n) is 1.68. The fourth-order valence-corrected chi connectivity index (χ4v) is 8.05. The summed E-state index contributed by atoms with van der Waals surface area (Å²) in [6.45, 7) is -2.09. The van der Waals surface area contributed by atoms with E-state index < -0.39 is 79.0 Å². The van der Waals surface area contributed by atoms with Gasteiger partial charge in [0.2, 0.25) is 10.4 Å². The normalized spacial score (nSPS) is 17.5. The average molecular weight is 510 g/mol. The van der Waals surface area contributed by atoms with Gasteiger partial charge in [0.05, 0.1) is 12.4 Å². The molecule has 0 aliphatic heterocycles. The molecule has 4 N–H and O–H groups in total. The molecular formula is C5H11NaO16S5. The van der Waals surface area contributed by atoms with Crippen LogP contribution in [0.5, 0.6) is 0 Å². The second-order valence-corrected chi connectivity index (χ2v) is 11.9. The summed E-state index contributed by atoms with van der Waals surface area (Å²) in [4.78, 5) is 0. The number of hydrogen-bond acceptors (Lipinski definition) is 12. The Morgan fingerprint density at radius 1 is 0.704 bits per heavy atom. The topological polar surface area (TPSA) is 284 Å². The van der Waals surface area contributed by atoms with Gasteiger partial charge in [0.1, 0.15) is 15.7 Å². The summed E-state index contributed by atoms with van der Waals surface area (Å²) in [6.07, 6.45) is 0. The minimum atomic E-state index is -6.00. The zero-order valence-electron chi connectivity index (χ0n) is 12.9. The molecule has 0 spiro atoms. The predicted molar refractivity (Wildman–Crippen MR) is 78.1 cm³/mol. The molecule has 0 saturated carbocycles. The molecule has 0 aromatic carbocycles. The van der Waals surface area contributed by atoms with Crippen molar-refractivity contribution < 1.29 is 98.6 Å². The molecule has 0 aliphatic rings. The van der Waals surface area contributed by atoms with Gasteiger partial charge in [-0.1, -0.05) is 0 Å². The maximum absolute atomic E-state index is 11.4. The maximum Gasteiger partial charge on any atom is 1.00 e. The number of hydrogen-bond donors (Lipinski definition) is 4. The molecule has 22 heteroatoms. The molecule has 0 aromatic heterocycles. The summed E-state index contributed by atoms with van der Waals surface area (Å²) in [7, 11) is -28.9. The van der Waals surface area contributed by atoms with Crippen molar-refractivity contribution in [2.75, 3.05) is 12.4 Å². The van der Waals surface area contributed by atoms with Gasteiger partial charge in [0, 0.05) is 0 Å². The van der Waals surface area contributed by atoms with E-state index in [0.29, 0.717) is 0 Å². The summed E-state index contributed by atoms with van der Waals surface area (Å²) in [5.41, 5.74) is 0. The molecular weight excluding hydrogens is 499 g/mol. The van der Waals surface area contributed by atoms with Crippen molar-refractivity contribution in [1.29, 1.82) is 0 Å². The standard InChI is InChI=1S/C5H12O16S5.Na/c6-22(7,8)2-4(24(12,13)14)5(25(15,16)17)3(23(9,10)11)1-21-26(18,19)20;/h3-5H,1-2H2,(H,6,7,8)(H,9,10,11)(H,12,13,14)(H,15,16,17)(H,18,19,20);/q;+1/p-1. The molecule has 3 unspecified atom stereocenters. The average Bonchev–Trinajstić information content (AvgIpc) is 2.24. The monoisotopic (exact) mass is 510 g/mol. The second-order valence-electron chi connectivity index (χ2n) is 4.53. The van der Waals surface area contributed by atoms with Crippen molar-refractivity contribution in [3.8, 4) is 0 Å². The van der Waals surface area contributed by atoms with E-state index in [1.807, 2.05) is 0 Å². The minimum Gasteiger partial charge on any atom is -0.726 e. The molecule has 0 bridgehead atoms. The predicted octanol–water partition coefficient (Wildman–Crippen LogP) is -6.88. The van der Waals surface area contributed by atoms with Gasteiger partial charge in [-0.3, -0.25) is 22.4 Å². The Hall–Kier alpha value is 0.510. The smallest absolute Gasteiger partial charge is 0.726 e. The summed E-state index contributed by atoms with van der Waals surface area (Å²) < 4.78 is 159. The molecule has 0 aliphatic carbocycles. The Bertz CT molecular complexity index is 1030. The Labute approximate surface area is 176 Å². The first-order chi connectivity index (χ1) is 11.1. The fraction of sp³-hybridized carbons (Fsp3) is 1.00. The van der Waals surface area contributed by atoms with Crippen molar-refractivity contribution in [2.24, 2.45) is 0 Å². The quantitative estimate of drug-likeness (QED) is 0.121. The molecule has 0 heterocycles. The van der Waals surface area contributed by atoms with Crippen LogP contribution >= 0.6 is 0 Å². The Balaban J connectivity index is 0. The molecule has 0 rings (SSSR count). The van der Waals surface area contributed by atoms with Gasteiger partial charge < -0.3 is 4.55 Å². The third-order valence-electron chi connectivity index (χ3n) is 2.59. The van der Waals surface area contributed by atoms with E-state index in [1.54, 1.807) is 0 Å². The minimum absolute atomic E-state index is 0. The number of rotatable bonds is 10. The molecule has 0 fully saturated rings. The van der Waals surface area contributed by atoms with E-state index in [1.165, 1.54) is 0 Å². The van der Waals surface area contributed by atoms with Gasteiger partial charge in [-0.25, -0.2) is 8.42 Å². The molecule has 3 atom stereocenters. The SMILES string of the molecule is O=S(=O)(O)CC(C(C(COS(=O)(=O)[O-])S(=O)(=O)O)S(=O)(=O)O)S(=O)(=O)O.[Na+].